The SMILES string of the molecule is CC(N)c1ccc(Oc2ncn(-c3ccccc3)n2)cc1. The molecule has 1 heterocycles. The van der Waals surface area contributed by atoms with Gasteiger partial charge in [0.1, 0.15) is 12.1 Å². The fourth-order valence-electron chi connectivity index (χ4n) is 1.94. The summed E-state index contributed by atoms with van der Waals surface area (Å²) in [6.07, 6.45) is 1.63. The summed E-state index contributed by atoms with van der Waals surface area (Å²) in [5.74, 6) is 0.685. The van der Waals surface area contributed by atoms with Crippen molar-refractivity contribution in [2.75, 3.05) is 0 Å². The topological polar surface area (TPSA) is 66.0 Å². The molecule has 1 aromatic heterocycles. The fraction of sp³-hybridized carbons (Fsp3) is 0.125. The molecule has 0 fully saturated rings. The molecular formula is C16H16N4O. The van der Waals surface area contributed by atoms with Gasteiger partial charge in [0.25, 0.3) is 0 Å². The number of nitrogens with two attached hydrogens (primary N) is 1. The fourth-order valence-corrected chi connectivity index (χ4v) is 1.94. The Morgan fingerprint density at radius 1 is 1.05 bits per heavy atom. The first-order valence-electron chi connectivity index (χ1n) is 6.73. The van der Waals surface area contributed by atoms with Crippen molar-refractivity contribution in [3.8, 4) is 17.4 Å². The molecule has 3 aromatic rings. The Balaban J connectivity index is 1.75. The zero-order valence-electron chi connectivity index (χ0n) is 11.7. The van der Waals surface area contributed by atoms with Crippen molar-refractivity contribution in [2.45, 2.75) is 13.0 Å². The van der Waals surface area contributed by atoms with Crippen LogP contribution in [0.15, 0.2) is 60.9 Å². The Morgan fingerprint density at radius 2 is 1.76 bits per heavy atom. The van der Waals surface area contributed by atoms with Crippen LogP contribution in [0.2, 0.25) is 0 Å². The summed E-state index contributed by atoms with van der Waals surface area (Å²) in [6, 6.07) is 17.7. The van der Waals surface area contributed by atoms with Gasteiger partial charge in [-0.1, -0.05) is 30.3 Å². The van der Waals surface area contributed by atoms with Gasteiger partial charge in [-0.25, -0.2) is 4.68 Å². The molecule has 106 valence electrons. The lowest BCUT2D eigenvalue weighted by Gasteiger charge is -2.06. The second-order valence-corrected chi connectivity index (χ2v) is 4.77. The third kappa shape index (κ3) is 3.09. The van der Waals surface area contributed by atoms with Crippen molar-refractivity contribution < 1.29 is 4.74 Å². The molecular weight excluding hydrogens is 264 g/mol. The van der Waals surface area contributed by atoms with Gasteiger partial charge in [0.05, 0.1) is 5.69 Å². The minimum absolute atomic E-state index is 0.00876. The molecule has 2 aromatic carbocycles. The molecule has 0 saturated carbocycles. The van der Waals surface area contributed by atoms with Crippen molar-refractivity contribution in [1.82, 2.24) is 14.8 Å². The summed E-state index contributed by atoms with van der Waals surface area (Å²) >= 11 is 0. The zero-order valence-corrected chi connectivity index (χ0v) is 11.7. The average molecular weight is 280 g/mol. The van der Waals surface area contributed by atoms with E-state index in [1.54, 1.807) is 11.0 Å². The van der Waals surface area contributed by atoms with E-state index in [1.807, 2.05) is 61.5 Å². The van der Waals surface area contributed by atoms with E-state index < -0.39 is 0 Å². The predicted octanol–water partition coefficient (Wildman–Crippen LogP) is 3.08. The number of para-hydroxylation sites is 1. The molecule has 0 bridgehead atoms. The number of rotatable bonds is 4. The van der Waals surface area contributed by atoms with Crippen LogP contribution in [0, 0.1) is 0 Å². The van der Waals surface area contributed by atoms with Crippen LogP contribution >= 0.6 is 0 Å². The zero-order chi connectivity index (χ0) is 14.7. The highest BCUT2D eigenvalue weighted by atomic mass is 16.5. The Bertz CT molecular complexity index is 705. The maximum Gasteiger partial charge on any atom is 0.341 e. The van der Waals surface area contributed by atoms with Gasteiger partial charge in [-0.2, -0.15) is 4.98 Å². The van der Waals surface area contributed by atoms with Crippen molar-refractivity contribution in [2.24, 2.45) is 5.73 Å². The molecule has 0 aliphatic carbocycles. The molecule has 0 amide bonds. The Morgan fingerprint density at radius 3 is 2.43 bits per heavy atom. The molecule has 5 heteroatoms. The van der Waals surface area contributed by atoms with Crippen molar-refractivity contribution in [1.29, 1.82) is 0 Å². The maximum atomic E-state index is 5.82. The first-order chi connectivity index (χ1) is 10.2. The standard InChI is InChI=1S/C16H16N4O/c1-12(17)13-7-9-15(10-8-13)21-16-18-11-20(19-16)14-5-3-2-4-6-14/h2-12H,17H2,1H3. The second-order valence-electron chi connectivity index (χ2n) is 4.77. The van der Waals surface area contributed by atoms with Gasteiger partial charge < -0.3 is 10.5 Å². The van der Waals surface area contributed by atoms with Gasteiger partial charge in [0.2, 0.25) is 0 Å². The maximum absolute atomic E-state index is 5.82. The number of hydrogen-bond donors (Lipinski definition) is 1. The van der Waals surface area contributed by atoms with Crippen LogP contribution < -0.4 is 10.5 Å². The average Bonchev–Trinajstić information content (AvgIpc) is 2.97. The quantitative estimate of drug-likeness (QED) is 0.797. The highest BCUT2D eigenvalue weighted by Crippen LogP contribution is 2.20. The molecule has 5 nitrogen and oxygen atoms in total. The normalized spacial score (nSPS) is 12.1. The van der Waals surface area contributed by atoms with Gasteiger partial charge in [-0.3, -0.25) is 0 Å². The van der Waals surface area contributed by atoms with Crippen LogP contribution in [-0.2, 0) is 0 Å². The smallest absolute Gasteiger partial charge is 0.341 e. The monoisotopic (exact) mass is 280 g/mol. The lowest BCUT2D eigenvalue weighted by molar-refractivity contribution is 0.441. The minimum Gasteiger partial charge on any atom is -0.423 e. The highest BCUT2D eigenvalue weighted by molar-refractivity contribution is 5.32. The summed E-state index contributed by atoms with van der Waals surface area (Å²) in [6.45, 7) is 1.94. The van der Waals surface area contributed by atoms with E-state index in [9.17, 15) is 0 Å². The molecule has 0 aliphatic heterocycles. The van der Waals surface area contributed by atoms with E-state index in [2.05, 4.69) is 10.1 Å². The van der Waals surface area contributed by atoms with E-state index in [4.69, 9.17) is 10.5 Å². The van der Waals surface area contributed by atoms with Crippen LogP contribution in [-0.4, -0.2) is 14.8 Å². The van der Waals surface area contributed by atoms with E-state index in [0.717, 1.165) is 11.3 Å². The van der Waals surface area contributed by atoms with Crippen LogP contribution in [0.25, 0.3) is 5.69 Å². The first-order valence-corrected chi connectivity index (χ1v) is 6.73. The van der Waals surface area contributed by atoms with Gasteiger partial charge in [-0.05, 0) is 36.8 Å². The van der Waals surface area contributed by atoms with E-state index in [-0.39, 0.29) is 6.04 Å². The Kier molecular flexibility index (Phi) is 3.66. The van der Waals surface area contributed by atoms with Crippen LogP contribution in [0.4, 0.5) is 0 Å². The van der Waals surface area contributed by atoms with Gasteiger partial charge in [0, 0.05) is 6.04 Å². The molecule has 0 radical (unpaired) electrons. The lowest BCUT2D eigenvalue weighted by atomic mass is 10.1. The van der Waals surface area contributed by atoms with E-state index >= 15 is 0 Å². The van der Waals surface area contributed by atoms with Crippen LogP contribution in [0.5, 0.6) is 11.8 Å². The molecule has 0 saturated heterocycles. The second kappa shape index (κ2) is 5.76. The van der Waals surface area contributed by atoms with Gasteiger partial charge >= 0.3 is 6.01 Å². The predicted molar refractivity (Wildman–Crippen MR) is 80.5 cm³/mol. The number of nitrogens with zero attached hydrogens (tertiary/aromatic N) is 3. The summed E-state index contributed by atoms with van der Waals surface area (Å²) in [7, 11) is 0. The summed E-state index contributed by atoms with van der Waals surface area (Å²) in [4.78, 5) is 4.15. The highest BCUT2D eigenvalue weighted by Gasteiger charge is 2.06. The third-order valence-corrected chi connectivity index (χ3v) is 3.11. The molecule has 1 atom stereocenters. The van der Waals surface area contributed by atoms with Gasteiger partial charge in [0.15, 0.2) is 0 Å². The molecule has 2 N–H and O–H groups in total. The van der Waals surface area contributed by atoms with Crippen LogP contribution in [0.1, 0.15) is 18.5 Å². The van der Waals surface area contributed by atoms with E-state index in [1.165, 1.54) is 0 Å². The molecule has 0 spiro atoms. The lowest BCUT2D eigenvalue weighted by Crippen LogP contribution is -2.04. The summed E-state index contributed by atoms with van der Waals surface area (Å²) < 4.78 is 7.30. The third-order valence-electron chi connectivity index (χ3n) is 3.11. The van der Waals surface area contributed by atoms with Crippen molar-refractivity contribution >= 4 is 0 Å². The number of aromatic nitrogens is 3. The number of hydrogen-bond acceptors (Lipinski definition) is 4. The van der Waals surface area contributed by atoms with Crippen molar-refractivity contribution in [3.05, 3.63) is 66.5 Å². The molecule has 3 rings (SSSR count). The van der Waals surface area contributed by atoms with Gasteiger partial charge in [-0.15, -0.1) is 5.10 Å². The number of ether oxygens (including phenoxy) is 1. The summed E-state index contributed by atoms with van der Waals surface area (Å²) in [5.41, 5.74) is 7.81. The Labute approximate surface area is 123 Å². The number of benzene rings is 2. The van der Waals surface area contributed by atoms with E-state index in [0.29, 0.717) is 11.8 Å². The molecule has 21 heavy (non-hydrogen) atoms. The minimum atomic E-state index is 0.00876. The molecule has 0 aliphatic rings. The van der Waals surface area contributed by atoms with Crippen LogP contribution in [0.3, 0.4) is 0 Å². The Hall–Kier alpha value is -2.66. The summed E-state index contributed by atoms with van der Waals surface area (Å²) in [5, 5.41) is 4.29. The molecule has 1 unspecified atom stereocenters. The largest absolute Gasteiger partial charge is 0.423 e. The first kappa shape index (κ1) is 13.3. The van der Waals surface area contributed by atoms with Crippen molar-refractivity contribution in [3.63, 3.8) is 0 Å².